The van der Waals surface area contributed by atoms with Crippen molar-refractivity contribution in [3.8, 4) is 51.0 Å². The second-order valence-corrected chi connectivity index (χ2v) is 10.4. The van der Waals surface area contributed by atoms with Crippen LogP contribution in [0.25, 0.3) is 45.3 Å². The van der Waals surface area contributed by atoms with Crippen molar-refractivity contribution >= 4 is 11.6 Å². The minimum Gasteiger partial charge on any atom is -0.487 e. The minimum absolute atomic E-state index is 0.294. The fourth-order valence-electron chi connectivity index (χ4n) is 5.04. The van der Waals surface area contributed by atoms with E-state index in [1.54, 1.807) is 4.68 Å². The van der Waals surface area contributed by atoms with Crippen molar-refractivity contribution in [3.63, 3.8) is 0 Å². The molecule has 0 bridgehead atoms. The van der Waals surface area contributed by atoms with Gasteiger partial charge in [-0.2, -0.15) is 0 Å². The van der Waals surface area contributed by atoms with Gasteiger partial charge in [-0.05, 0) is 60.7 Å². The molecule has 0 saturated carbocycles. The summed E-state index contributed by atoms with van der Waals surface area (Å²) in [5.74, 6) is 1.58. The maximum Gasteiger partial charge on any atom is 0.145 e. The van der Waals surface area contributed by atoms with E-state index < -0.39 is 0 Å². The summed E-state index contributed by atoms with van der Waals surface area (Å²) in [5, 5.41) is 9.14. The number of hydrogen-bond donors (Lipinski definition) is 0. The predicted molar refractivity (Wildman–Crippen MR) is 171 cm³/mol. The van der Waals surface area contributed by atoms with Gasteiger partial charge < -0.3 is 4.74 Å². The first-order valence-corrected chi connectivity index (χ1v) is 14.3. The van der Waals surface area contributed by atoms with Crippen LogP contribution in [0.1, 0.15) is 5.69 Å². The molecule has 7 rings (SSSR count). The maximum atomic E-state index is 6.07. The van der Waals surface area contributed by atoms with E-state index in [4.69, 9.17) is 21.3 Å². The first kappa shape index (κ1) is 26.4. The molecule has 0 N–H and O–H groups in total. The van der Waals surface area contributed by atoms with Crippen molar-refractivity contribution < 1.29 is 4.74 Å². The highest BCUT2D eigenvalue weighted by Gasteiger charge is 2.22. The van der Waals surface area contributed by atoms with Crippen LogP contribution in [0.4, 0.5) is 0 Å². The summed E-state index contributed by atoms with van der Waals surface area (Å²) >= 11 is 6.01. The standard InChI is InChI=1S/C36H26ClN5O/c37-29-18-20-31(21-19-29)41-24-30(39-40-41)25-43-33-22-16-28(17-23-33)36-38-34(26-10-4-1-5-11-26)35(27-12-6-2-7-13-27)42(36)32-14-8-3-9-15-32/h1-24H,25H2. The van der Waals surface area contributed by atoms with Crippen molar-refractivity contribution in [1.82, 2.24) is 24.5 Å². The second-order valence-electron chi connectivity index (χ2n) is 9.98. The molecule has 0 fully saturated rings. The molecule has 0 unspecified atom stereocenters. The zero-order chi connectivity index (χ0) is 29.0. The van der Waals surface area contributed by atoms with Gasteiger partial charge in [0.15, 0.2) is 0 Å². The average molecular weight is 580 g/mol. The second kappa shape index (κ2) is 11.8. The Bertz CT molecular complexity index is 1950. The molecule has 6 nitrogen and oxygen atoms in total. The zero-order valence-electron chi connectivity index (χ0n) is 23.1. The van der Waals surface area contributed by atoms with Crippen LogP contribution in [0.2, 0.25) is 5.02 Å². The summed E-state index contributed by atoms with van der Waals surface area (Å²) in [6.07, 6.45) is 1.85. The molecule has 0 spiro atoms. The predicted octanol–water partition coefficient (Wildman–Crippen LogP) is 8.69. The lowest BCUT2D eigenvalue weighted by Crippen LogP contribution is -2.00. The highest BCUT2D eigenvalue weighted by molar-refractivity contribution is 6.30. The lowest BCUT2D eigenvalue weighted by Gasteiger charge is -2.14. The fraction of sp³-hybridized carbons (Fsp3) is 0.0278. The molecule has 0 atom stereocenters. The Morgan fingerprint density at radius 2 is 1.23 bits per heavy atom. The monoisotopic (exact) mass is 579 g/mol. The van der Waals surface area contributed by atoms with Gasteiger partial charge in [0.1, 0.15) is 23.9 Å². The highest BCUT2D eigenvalue weighted by atomic mass is 35.5. The van der Waals surface area contributed by atoms with Crippen molar-refractivity contribution in [2.75, 3.05) is 0 Å². The van der Waals surface area contributed by atoms with Crippen molar-refractivity contribution in [3.05, 3.63) is 156 Å². The number of nitrogens with zero attached hydrogens (tertiary/aromatic N) is 5. The van der Waals surface area contributed by atoms with Gasteiger partial charge in [0.25, 0.3) is 0 Å². The molecule has 43 heavy (non-hydrogen) atoms. The molecule has 2 heterocycles. The van der Waals surface area contributed by atoms with Crippen LogP contribution in [0.3, 0.4) is 0 Å². The van der Waals surface area contributed by atoms with E-state index >= 15 is 0 Å². The number of hydrogen-bond acceptors (Lipinski definition) is 4. The molecule has 5 aromatic carbocycles. The normalized spacial score (nSPS) is 11.0. The fourth-order valence-corrected chi connectivity index (χ4v) is 5.17. The van der Waals surface area contributed by atoms with Gasteiger partial charge in [0.05, 0.1) is 23.3 Å². The summed E-state index contributed by atoms with van der Waals surface area (Å²) < 4.78 is 10.0. The molecule has 0 saturated heterocycles. The quantitative estimate of drug-likeness (QED) is 0.181. The first-order valence-electron chi connectivity index (χ1n) is 13.9. The van der Waals surface area contributed by atoms with Crippen LogP contribution in [-0.4, -0.2) is 24.5 Å². The van der Waals surface area contributed by atoms with Crippen LogP contribution in [0, 0.1) is 0 Å². The topological polar surface area (TPSA) is 57.8 Å². The smallest absolute Gasteiger partial charge is 0.145 e. The van der Waals surface area contributed by atoms with Crippen molar-refractivity contribution in [2.24, 2.45) is 0 Å². The van der Waals surface area contributed by atoms with Crippen LogP contribution >= 0.6 is 11.6 Å². The Morgan fingerprint density at radius 1 is 0.605 bits per heavy atom. The Hall–Kier alpha value is -5.46. The van der Waals surface area contributed by atoms with E-state index in [0.29, 0.717) is 11.6 Å². The molecule has 0 aliphatic carbocycles. The van der Waals surface area contributed by atoms with Crippen LogP contribution in [0.15, 0.2) is 146 Å². The molecule has 0 aliphatic rings. The third-order valence-corrected chi connectivity index (χ3v) is 7.37. The van der Waals surface area contributed by atoms with Gasteiger partial charge in [0, 0.05) is 27.4 Å². The summed E-state index contributed by atoms with van der Waals surface area (Å²) in [7, 11) is 0. The van der Waals surface area contributed by atoms with E-state index in [1.807, 2.05) is 85.1 Å². The number of halogens is 1. The van der Waals surface area contributed by atoms with Gasteiger partial charge in [-0.1, -0.05) is 95.7 Å². The van der Waals surface area contributed by atoms with E-state index in [-0.39, 0.29) is 0 Å². The number of aromatic nitrogens is 5. The number of para-hydroxylation sites is 1. The summed E-state index contributed by atoms with van der Waals surface area (Å²) in [5.41, 5.74) is 7.73. The van der Waals surface area contributed by atoms with E-state index in [9.17, 15) is 0 Å². The molecular formula is C36H26ClN5O. The molecule has 7 heteroatoms. The third kappa shape index (κ3) is 5.56. The highest BCUT2D eigenvalue weighted by Crippen LogP contribution is 2.38. The first-order chi connectivity index (χ1) is 21.2. The Kier molecular flexibility index (Phi) is 7.26. The molecular weight excluding hydrogens is 554 g/mol. The molecule has 0 amide bonds. The maximum absolute atomic E-state index is 6.07. The largest absolute Gasteiger partial charge is 0.487 e. The average Bonchev–Trinajstić information content (AvgIpc) is 3.71. The van der Waals surface area contributed by atoms with Crippen molar-refractivity contribution in [1.29, 1.82) is 0 Å². The van der Waals surface area contributed by atoms with Gasteiger partial charge in [-0.3, -0.25) is 4.57 Å². The molecule has 208 valence electrons. The van der Waals surface area contributed by atoms with E-state index in [1.165, 1.54) is 0 Å². The van der Waals surface area contributed by atoms with Crippen LogP contribution < -0.4 is 4.74 Å². The van der Waals surface area contributed by atoms with E-state index in [0.717, 1.165) is 56.7 Å². The van der Waals surface area contributed by atoms with Gasteiger partial charge in [0.2, 0.25) is 0 Å². The third-order valence-electron chi connectivity index (χ3n) is 7.12. The Morgan fingerprint density at radius 3 is 1.91 bits per heavy atom. The Balaban J connectivity index is 1.22. The van der Waals surface area contributed by atoms with Gasteiger partial charge >= 0.3 is 0 Å². The lowest BCUT2D eigenvalue weighted by molar-refractivity contribution is 0.301. The lowest BCUT2D eigenvalue weighted by atomic mass is 10.0. The van der Waals surface area contributed by atoms with Gasteiger partial charge in [-0.15, -0.1) is 5.10 Å². The van der Waals surface area contributed by atoms with Gasteiger partial charge in [-0.25, -0.2) is 9.67 Å². The summed E-state index contributed by atoms with van der Waals surface area (Å²) in [4.78, 5) is 5.26. The Labute approximate surface area is 254 Å². The van der Waals surface area contributed by atoms with Crippen molar-refractivity contribution in [2.45, 2.75) is 6.61 Å². The molecule has 7 aromatic rings. The summed E-state index contributed by atoms with van der Waals surface area (Å²) in [6, 6.07) is 46.6. The zero-order valence-corrected chi connectivity index (χ0v) is 23.8. The minimum atomic E-state index is 0.294. The van der Waals surface area contributed by atoms with Crippen LogP contribution in [-0.2, 0) is 6.61 Å². The molecule has 0 radical (unpaired) electrons. The summed E-state index contributed by atoms with van der Waals surface area (Å²) in [6.45, 7) is 0.294. The number of rotatable bonds is 8. The van der Waals surface area contributed by atoms with E-state index in [2.05, 4.69) is 75.5 Å². The number of benzene rings is 5. The number of ether oxygens (including phenoxy) is 1. The molecule has 2 aromatic heterocycles. The SMILES string of the molecule is Clc1ccc(-n2cc(COc3ccc(-c4nc(-c5ccccc5)c(-c5ccccc5)n4-c4ccccc4)cc3)nn2)cc1. The van der Waals surface area contributed by atoms with Crippen LogP contribution in [0.5, 0.6) is 5.75 Å². The number of imidazole rings is 1. The molecule has 0 aliphatic heterocycles.